The lowest BCUT2D eigenvalue weighted by Crippen LogP contribution is -2.16. The summed E-state index contributed by atoms with van der Waals surface area (Å²) in [5.74, 6) is 1.14. The minimum atomic E-state index is -0.235. The molecule has 1 atom stereocenters. The lowest BCUT2D eigenvalue weighted by Gasteiger charge is -2.24. The molecule has 2 aromatic rings. The Hall–Kier alpha value is -1.38. The molecule has 90 valence electrons. The van der Waals surface area contributed by atoms with Crippen LogP contribution in [-0.4, -0.2) is 9.97 Å². The van der Waals surface area contributed by atoms with E-state index in [9.17, 15) is 4.39 Å². The number of fused-ring (bicyclic) bond motifs is 1. The van der Waals surface area contributed by atoms with Crippen molar-refractivity contribution < 1.29 is 4.39 Å². The fourth-order valence-electron chi connectivity index (χ4n) is 3.01. The minimum absolute atomic E-state index is 0.235. The van der Waals surface area contributed by atoms with Gasteiger partial charge in [0.1, 0.15) is 11.3 Å². The Balaban J connectivity index is 2.10. The van der Waals surface area contributed by atoms with Crippen LogP contribution in [0.25, 0.3) is 11.0 Å². The van der Waals surface area contributed by atoms with Crippen LogP contribution in [0, 0.1) is 11.2 Å². The Morgan fingerprint density at radius 1 is 1.41 bits per heavy atom. The Bertz CT molecular complexity index is 556. The van der Waals surface area contributed by atoms with Gasteiger partial charge in [0.05, 0.1) is 5.52 Å². The van der Waals surface area contributed by atoms with Crippen LogP contribution < -0.4 is 0 Å². The number of H-pyrrole nitrogens is 1. The monoisotopic (exact) mass is 232 g/mol. The summed E-state index contributed by atoms with van der Waals surface area (Å²) in [5, 5.41) is 0. The van der Waals surface area contributed by atoms with E-state index in [4.69, 9.17) is 0 Å². The maximum absolute atomic E-state index is 13.6. The molecular weight excluding hydrogens is 215 g/mol. The molecule has 1 unspecified atom stereocenters. The summed E-state index contributed by atoms with van der Waals surface area (Å²) in [5.41, 5.74) is 1.55. The first-order valence-corrected chi connectivity index (χ1v) is 6.22. The van der Waals surface area contributed by atoms with Gasteiger partial charge in [0.2, 0.25) is 0 Å². The summed E-state index contributed by atoms with van der Waals surface area (Å²) >= 11 is 0. The van der Waals surface area contributed by atoms with Crippen molar-refractivity contribution in [3.8, 4) is 0 Å². The van der Waals surface area contributed by atoms with Gasteiger partial charge in [0.15, 0.2) is 5.82 Å². The van der Waals surface area contributed by atoms with E-state index in [2.05, 4.69) is 23.8 Å². The van der Waals surface area contributed by atoms with Crippen LogP contribution in [0.2, 0.25) is 0 Å². The Morgan fingerprint density at radius 3 is 2.88 bits per heavy atom. The number of hydrogen-bond acceptors (Lipinski definition) is 1. The molecule has 1 N–H and O–H groups in total. The van der Waals surface area contributed by atoms with Gasteiger partial charge in [-0.25, -0.2) is 9.37 Å². The first kappa shape index (κ1) is 10.8. The molecule has 1 aliphatic rings. The smallest absolute Gasteiger partial charge is 0.151 e. The third kappa shape index (κ3) is 1.65. The zero-order valence-corrected chi connectivity index (χ0v) is 10.3. The van der Waals surface area contributed by atoms with Crippen LogP contribution in [0.3, 0.4) is 0 Å². The maximum atomic E-state index is 13.6. The summed E-state index contributed by atoms with van der Waals surface area (Å²) < 4.78 is 13.6. The number of nitrogens with zero attached hydrogens (tertiary/aromatic N) is 1. The van der Waals surface area contributed by atoms with Gasteiger partial charge in [-0.05, 0) is 30.4 Å². The van der Waals surface area contributed by atoms with Gasteiger partial charge in [-0.15, -0.1) is 0 Å². The molecule has 0 amide bonds. The van der Waals surface area contributed by atoms with Gasteiger partial charge in [-0.1, -0.05) is 26.3 Å². The second-order valence-electron chi connectivity index (χ2n) is 5.69. The van der Waals surface area contributed by atoms with Crippen molar-refractivity contribution in [2.75, 3.05) is 0 Å². The van der Waals surface area contributed by atoms with Crippen molar-refractivity contribution in [1.82, 2.24) is 9.97 Å². The summed E-state index contributed by atoms with van der Waals surface area (Å²) in [6, 6.07) is 5.07. The number of aromatic amines is 1. The summed E-state index contributed by atoms with van der Waals surface area (Å²) in [6.45, 7) is 4.54. The topological polar surface area (TPSA) is 28.7 Å². The number of halogens is 1. The van der Waals surface area contributed by atoms with Crippen LogP contribution in [0.5, 0.6) is 0 Å². The Kier molecular flexibility index (Phi) is 2.25. The van der Waals surface area contributed by atoms with Crippen molar-refractivity contribution in [3.05, 3.63) is 29.8 Å². The predicted octanol–water partition coefficient (Wildman–Crippen LogP) is 4.00. The first-order chi connectivity index (χ1) is 8.08. The summed E-state index contributed by atoms with van der Waals surface area (Å²) in [7, 11) is 0. The van der Waals surface area contributed by atoms with Crippen LogP contribution in [0.15, 0.2) is 18.2 Å². The van der Waals surface area contributed by atoms with Crippen LogP contribution in [-0.2, 0) is 0 Å². The third-order valence-corrected chi connectivity index (χ3v) is 4.07. The average Bonchev–Trinajstić information content (AvgIpc) is 2.81. The molecule has 1 aliphatic carbocycles. The minimum Gasteiger partial charge on any atom is -0.342 e. The van der Waals surface area contributed by atoms with Crippen molar-refractivity contribution in [2.45, 2.75) is 39.0 Å². The summed E-state index contributed by atoms with van der Waals surface area (Å²) in [6.07, 6.45) is 3.60. The van der Waals surface area contributed by atoms with Crippen molar-refractivity contribution in [1.29, 1.82) is 0 Å². The molecule has 2 nitrogen and oxygen atoms in total. The van der Waals surface area contributed by atoms with Gasteiger partial charge in [0, 0.05) is 5.92 Å². The van der Waals surface area contributed by atoms with Gasteiger partial charge < -0.3 is 4.98 Å². The van der Waals surface area contributed by atoms with Gasteiger partial charge >= 0.3 is 0 Å². The Morgan fingerprint density at radius 2 is 2.24 bits per heavy atom. The molecule has 1 heterocycles. The standard InChI is InChI=1S/C14H17FN2/c1-14(2)8-4-5-9(14)13-16-11-7-3-6-10(15)12(11)17-13/h3,6-7,9H,4-5,8H2,1-2H3,(H,16,17). The lowest BCUT2D eigenvalue weighted by atomic mass is 9.81. The van der Waals surface area contributed by atoms with E-state index < -0.39 is 0 Å². The molecule has 3 rings (SSSR count). The third-order valence-electron chi connectivity index (χ3n) is 4.07. The predicted molar refractivity (Wildman–Crippen MR) is 66.4 cm³/mol. The SMILES string of the molecule is CC1(C)CCCC1c1nc2c(F)cccc2[nH]1. The number of hydrogen-bond donors (Lipinski definition) is 1. The molecule has 0 spiro atoms. The zero-order valence-electron chi connectivity index (χ0n) is 10.3. The molecule has 1 saturated carbocycles. The number of rotatable bonds is 1. The second-order valence-corrected chi connectivity index (χ2v) is 5.69. The summed E-state index contributed by atoms with van der Waals surface area (Å²) in [4.78, 5) is 7.74. The molecule has 1 fully saturated rings. The fraction of sp³-hybridized carbons (Fsp3) is 0.500. The highest BCUT2D eigenvalue weighted by molar-refractivity contribution is 5.75. The molecule has 0 saturated heterocycles. The average molecular weight is 232 g/mol. The van der Waals surface area contributed by atoms with Gasteiger partial charge in [-0.3, -0.25) is 0 Å². The van der Waals surface area contributed by atoms with E-state index in [1.54, 1.807) is 6.07 Å². The van der Waals surface area contributed by atoms with Crippen LogP contribution in [0.1, 0.15) is 44.9 Å². The zero-order chi connectivity index (χ0) is 12.0. The molecule has 3 heteroatoms. The van der Waals surface area contributed by atoms with Gasteiger partial charge in [0.25, 0.3) is 0 Å². The number of nitrogens with one attached hydrogen (secondary N) is 1. The molecule has 0 aliphatic heterocycles. The van der Waals surface area contributed by atoms with E-state index in [0.29, 0.717) is 11.4 Å². The molecule has 0 bridgehead atoms. The highest BCUT2D eigenvalue weighted by Crippen LogP contribution is 2.48. The number of aromatic nitrogens is 2. The largest absolute Gasteiger partial charge is 0.342 e. The molecule has 0 radical (unpaired) electrons. The molecule has 1 aromatic carbocycles. The van der Waals surface area contributed by atoms with E-state index in [-0.39, 0.29) is 11.2 Å². The second kappa shape index (κ2) is 3.56. The Labute approximate surface area is 100 Å². The normalized spacial score (nSPS) is 23.4. The number of imidazole rings is 1. The van der Waals surface area contributed by atoms with Crippen LogP contribution in [0.4, 0.5) is 4.39 Å². The number of benzene rings is 1. The van der Waals surface area contributed by atoms with E-state index >= 15 is 0 Å². The van der Waals surface area contributed by atoms with Crippen molar-refractivity contribution in [2.24, 2.45) is 5.41 Å². The van der Waals surface area contributed by atoms with E-state index in [1.165, 1.54) is 18.9 Å². The molecule has 17 heavy (non-hydrogen) atoms. The highest BCUT2D eigenvalue weighted by Gasteiger charge is 2.37. The maximum Gasteiger partial charge on any atom is 0.151 e. The highest BCUT2D eigenvalue weighted by atomic mass is 19.1. The van der Waals surface area contributed by atoms with Gasteiger partial charge in [-0.2, -0.15) is 0 Å². The van der Waals surface area contributed by atoms with E-state index in [1.807, 2.05) is 6.07 Å². The van der Waals surface area contributed by atoms with Crippen LogP contribution >= 0.6 is 0 Å². The quantitative estimate of drug-likeness (QED) is 0.791. The van der Waals surface area contributed by atoms with E-state index in [0.717, 1.165) is 17.8 Å². The molecule has 1 aromatic heterocycles. The van der Waals surface area contributed by atoms with Crippen molar-refractivity contribution >= 4 is 11.0 Å². The first-order valence-electron chi connectivity index (χ1n) is 6.22. The van der Waals surface area contributed by atoms with Crippen molar-refractivity contribution in [3.63, 3.8) is 0 Å². The number of para-hydroxylation sites is 1. The molecular formula is C14H17FN2. The lowest BCUT2D eigenvalue weighted by molar-refractivity contribution is 0.323. The fourth-order valence-corrected chi connectivity index (χ4v) is 3.01.